The third-order valence-electron chi connectivity index (χ3n) is 6.59. The van der Waals surface area contributed by atoms with Crippen molar-refractivity contribution in [1.29, 1.82) is 0 Å². The van der Waals surface area contributed by atoms with Gasteiger partial charge in [-0.1, -0.05) is 72.8 Å². The number of nitrogens with zero attached hydrogens (tertiary/aromatic N) is 1. The van der Waals surface area contributed by atoms with E-state index < -0.39 is 30.3 Å². The first-order chi connectivity index (χ1) is 19.0. The van der Waals surface area contributed by atoms with Gasteiger partial charge < -0.3 is 24.1 Å². The average molecular weight is 534 g/mol. The molecule has 1 aliphatic rings. The molecule has 8 nitrogen and oxygen atoms in total. The molecule has 3 aromatic carbocycles. The van der Waals surface area contributed by atoms with E-state index in [1.807, 2.05) is 72.8 Å². The summed E-state index contributed by atoms with van der Waals surface area (Å²) in [4.78, 5) is 27.4. The van der Waals surface area contributed by atoms with Crippen molar-refractivity contribution >= 4 is 12.0 Å². The highest BCUT2D eigenvalue weighted by atomic mass is 16.6. The summed E-state index contributed by atoms with van der Waals surface area (Å²) in [6, 6.07) is 26.2. The van der Waals surface area contributed by atoms with E-state index in [-0.39, 0.29) is 19.6 Å². The molecule has 0 aliphatic carbocycles. The molecule has 1 aliphatic heterocycles. The van der Waals surface area contributed by atoms with Crippen LogP contribution in [0.5, 0.6) is 5.75 Å². The Labute approximate surface area is 229 Å². The zero-order valence-corrected chi connectivity index (χ0v) is 22.1. The van der Waals surface area contributed by atoms with Crippen molar-refractivity contribution in [3.8, 4) is 5.75 Å². The summed E-state index contributed by atoms with van der Waals surface area (Å²) < 4.78 is 22.1. The second kappa shape index (κ2) is 14.4. The van der Waals surface area contributed by atoms with Gasteiger partial charge in [-0.25, -0.2) is 9.69 Å². The second-order valence-electron chi connectivity index (χ2n) is 9.46. The van der Waals surface area contributed by atoms with Gasteiger partial charge in [0, 0.05) is 6.61 Å². The zero-order valence-electron chi connectivity index (χ0n) is 22.1. The maximum absolute atomic E-state index is 13.7. The van der Waals surface area contributed by atoms with Crippen LogP contribution in [0, 0.1) is 0 Å². The fourth-order valence-electron chi connectivity index (χ4n) is 4.47. The number of carbonyl (C=O) groups is 2. The molecule has 8 heteroatoms. The molecule has 1 fully saturated rings. The lowest BCUT2D eigenvalue weighted by molar-refractivity contribution is -0.151. The predicted octanol–water partition coefficient (Wildman–Crippen LogP) is 4.53. The Balaban J connectivity index is 1.41. The number of carbonyl (C=O) groups excluding carboxylic acids is 2. The number of benzene rings is 3. The molecule has 1 heterocycles. The van der Waals surface area contributed by atoms with Crippen LogP contribution >= 0.6 is 0 Å². The Kier molecular flexibility index (Phi) is 10.5. The Bertz CT molecular complexity index is 1170. The molecule has 0 aromatic heterocycles. The van der Waals surface area contributed by atoms with E-state index in [2.05, 4.69) is 0 Å². The molecule has 0 unspecified atom stereocenters. The fourth-order valence-corrected chi connectivity index (χ4v) is 4.47. The normalized spacial score (nSPS) is 16.5. The first kappa shape index (κ1) is 28.3. The standard InChI is InChI=1S/C31H35NO7/c1-36-27-16-14-25(15-17-27)21-38-29(28(33)13-8-18-37-20-24-11-6-3-7-12-24)30(34)32-26(22-39-31(32)35)19-23-9-4-2-5-10-23/h2-7,9-12,14-17,26,28-29,33H,8,13,18-22H2,1H3/t26-,28+,29-/m0/s1. The number of hydrogen-bond acceptors (Lipinski definition) is 7. The largest absolute Gasteiger partial charge is 0.497 e. The van der Waals surface area contributed by atoms with Gasteiger partial charge in [0.05, 0.1) is 32.5 Å². The molecule has 39 heavy (non-hydrogen) atoms. The van der Waals surface area contributed by atoms with E-state index >= 15 is 0 Å². The predicted molar refractivity (Wildman–Crippen MR) is 145 cm³/mol. The molecular formula is C31H35NO7. The van der Waals surface area contributed by atoms with Gasteiger partial charge in [-0.15, -0.1) is 0 Å². The van der Waals surface area contributed by atoms with E-state index in [4.69, 9.17) is 18.9 Å². The van der Waals surface area contributed by atoms with Gasteiger partial charge >= 0.3 is 6.09 Å². The van der Waals surface area contributed by atoms with Crippen LogP contribution in [0.4, 0.5) is 4.79 Å². The highest BCUT2D eigenvalue weighted by Gasteiger charge is 2.43. The van der Waals surface area contributed by atoms with Crippen LogP contribution in [0.25, 0.3) is 0 Å². The van der Waals surface area contributed by atoms with Crippen LogP contribution in [0.1, 0.15) is 29.5 Å². The third-order valence-corrected chi connectivity index (χ3v) is 6.59. The SMILES string of the molecule is COc1ccc(CO[C@H](C(=O)N2C(=O)OC[C@@H]2Cc2ccccc2)[C@H](O)CCCOCc2ccccc2)cc1. The maximum Gasteiger partial charge on any atom is 0.417 e. The summed E-state index contributed by atoms with van der Waals surface area (Å²) in [7, 11) is 1.58. The monoisotopic (exact) mass is 533 g/mol. The lowest BCUT2D eigenvalue weighted by atomic mass is 10.0. The molecule has 0 bridgehead atoms. The third kappa shape index (κ3) is 8.13. The van der Waals surface area contributed by atoms with Gasteiger partial charge in [0.15, 0.2) is 6.10 Å². The topological polar surface area (TPSA) is 94.5 Å². The zero-order chi connectivity index (χ0) is 27.5. The summed E-state index contributed by atoms with van der Waals surface area (Å²) in [6.07, 6.45) is -1.88. The van der Waals surface area contributed by atoms with E-state index in [0.29, 0.717) is 31.8 Å². The molecular weight excluding hydrogens is 498 g/mol. The number of imide groups is 1. The van der Waals surface area contributed by atoms with Gasteiger partial charge in [-0.05, 0) is 48.1 Å². The van der Waals surface area contributed by atoms with E-state index in [1.165, 1.54) is 0 Å². The smallest absolute Gasteiger partial charge is 0.417 e. The Hall–Kier alpha value is -3.72. The van der Waals surface area contributed by atoms with Gasteiger partial charge in [-0.3, -0.25) is 4.79 Å². The van der Waals surface area contributed by atoms with Crippen molar-refractivity contribution in [2.75, 3.05) is 20.3 Å². The van der Waals surface area contributed by atoms with E-state index in [1.54, 1.807) is 19.2 Å². The van der Waals surface area contributed by atoms with Crippen molar-refractivity contribution in [2.45, 2.75) is 50.7 Å². The number of cyclic esters (lactones) is 1. The molecule has 0 spiro atoms. The lowest BCUT2D eigenvalue weighted by Crippen LogP contribution is -2.50. The van der Waals surface area contributed by atoms with Crippen molar-refractivity contribution in [3.05, 3.63) is 102 Å². The van der Waals surface area contributed by atoms with Crippen LogP contribution in [0.15, 0.2) is 84.9 Å². The number of amides is 2. The second-order valence-corrected chi connectivity index (χ2v) is 9.46. The summed E-state index contributed by atoms with van der Waals surface area (Å²) in [6.45, 7) is 1.05. The van der Waals surface area contributed by atoms with Crippen molar-refractivity contribution in [1.82, 2.24) is 4.90 Å². The Morgan fingerprint density at radius 2 is 1.59 bits per heavy atom. The molecule has 4 rings (SSSR count). The van der Waals surface area contributed by atoms with Crippen molar-refractivity contribution in [2.24, 2.45) is 0 Å². The number of methoxy groups -OCH3 is 1. The van der Waals surface area contributed by atoms with Crippen LogP contribution in [0.3, 0.4) is 0 Å². The average Bonchev–Trinajstić information content (AvgIpc) is 3.33. The highest BCUT2D eigenvalue weighted by molar-refractivity contribution is 5.96. The number of aliphatic hydroxyl groups is 1. The Morgan fingerprint density at radius 1 is 0.949 bits per heavy atom. The minimum absolute atomic E-state index is 0.0776. The van der Waals surface area contributed by atoms with Gasteiger partial charge in [0.25, 0.3) is 5.91 Å². The fraction of sp³-hybridized carbons (Fsp3) is 0.355. The molecule has 0 saturated carbocycles. The first-order valence-corrected chi connectivity index (χ1v) is 13.1. The van der Waals surface area contributed by atoms with Crippen LogP contribution in [-0.2, 0) is 38.6 Å². The number of aliphatic hydroxyl groups excluding tert-OH is 1. The number of ether oxygens (including phenoxy) is 4. The highest BCUT2D eigenvalue weighted by Crippen LogP contribution is 2.22. The number of hydrogen-bond donors (Lipinski definition) is 1. The van der Waals surface area contributed by atoms with E-state index in [0.717, 1.165) is 21.6 Å². The minimum Gasteiger partial charge on any atom is -0.497 e. The summed E-state index contributed by atoms with van der Waals surface area (Å²) >= 11 is 0. The van der Waals surface area contributed by atoms with Crippen LogP contribution in [0.2, 0.25) is 0 Å². The molecule has 0 radical (unpaired) electrons. The summed E-state index contributed by atoms with van der Waals surface area (Å²) in [5.41, 5.74) is 2.84. The molecule has 1 N–H and O–H groups in total. The molecule has 3 aromatic rings. The molecule has 206 valence electrons. The summed E-state index contributed by atoms with van der Waals surface area (Å²) in [5.74, 6) is 0.0927. The van der Waals surface area contributed by atoms with Crippen LogP contribution in [-0.4, -0.2) is 60.6 Å². The Morgan fingerprint density at radius 3 is 2.26 bits per heavy atom. The minimum atomic E-state index is -1.25. The van der Waals surface area contributed by atoms with Crippen LogP contribution < -0.4 is 4.74 Å². The lowest BCUT2D eigenvalue weighted by Gasteiger charge is -2.28. The summed E-state index contributed by atoms with van der Waals surface area (Å²) in [5, 5.41) is 11.1. The maximum atomic E-state index is 13.7. The molecule has 2 amide bonds. The number of rotatable bonds is 14. The van der Waals surface area contributed by atoms with Gasteiger partial charge in [0.1, 0.15) is 12.4 Å². The van der Waals surface area contributed by atoms with Crippen molar-refractivity contribution in [3.63, 3.8) is 0 Å². The molecule has 3 atom stereocenters. The van der Waals surface area contributed by atoms with E-state index in [9.17, 15) is 14.7 Å². The van der Waals surface area contributed by atoms with Gasteiger partial charge in [0.2, 0.25) is 0 Å². The molecule has 1 saturated heterocycles. The quantitative estimate of drug-likeness (QED) is 0.304. The van der Waals surface area contributed by atoms with Gasteiger partial charge in [-0.2, -0.15) is 0 Å². The van der Waals surface area contributed by atoms with Crippen molar-refractivity contribution < 1.29 is 33.6 Å². The first-order valence-electron chi connectivity index (χ1n) is 13.1.